The summed E-state index contributed by atoms with van der Waals surface area (Å²) in [5.41, 5.74) is 7.47. The number of benzene rings is 1. The van der Waals surface area contributed by atoms with E-state index < -0.39 is 21.1 Å². The average Bonchev–Trinajstić information content (AvgIpc) is 2.41. The molecule has 1 saturated carbocycles. The van der Waals surface area contributed by atoms with E-state index in [0.717, 1.165) is 12.0 Å². The number of anilines is 1. The predicted molar refractivity (Wildman–Crippen MR) is 81.9 cm³/mol. The third-order valence-electron chi connectivity index (χ3n) is 4.00. The van der Waals surface area contributed by atoms with Gasteiger partial charge in [0.25, 0.3) is 0 Å². The van der Waals surface area contributed by atoms with Crippen molar-refractivity contribution in [1.82, 2.24) is 0 Å². The van der Waals surface area contributed by atoms with Gasteiger partial charge in [-0.1, -0.05) is 12.1 Å². The van der Waals surface area contributed by atoms with Crippen LogP contribution in [0, 0.1) is 6.92 Å². The summed E-state index contributed by atoms with van der Waals surface area (Å²) in [6.07, 6.45) is 3.34. The van der Waals surface area contributed by atoms with E-state index in [2.05, 4.69) is 0 Å². The van der Waals surface area contributed by atoms with Gasteiger partial charge in [0.05, 0.1) is 10.8 Å². The second kappa shape index (κ2) is 6.05. The fourth-order valence-electron chi connectivity index (χ4n) is 2.67. The van der Waals surface area contributed by atoms with Crippen LogP contribution >= 0.6 is 0 Å². The number of hydrogen-bond donors (Lipinski definition) is 1. The van der Waals surface area contributed by atoms with Gasteiger partial charge in [-0.2, -0.15) is 0 Å². The fourth-order valence-corrected chi connectivity index (χ4v) is 3.83. The van der Waals surface area contributed by atoms with E-state index in [0.29, 0.717) is 30.5 Å². The Bertz CT molecular complexity index is 639. The Morgan fingerprint density at radius 2 is 2.05 bits per heavy atom. The number of hydrogen-bond acceptors (Lipinski definition) is 5. The Kier molecular flexibility index (Phi) is 4.56. The van der Waals surface area contributed by atoms with Crippen molar-refractivity contribution >= 4 is 21.5 Å². The number of nitrogens with two attached hydrogens (primary N) is 1. The maximum Gasteiger partial charge on any atom is 0.340 e. The second-order valence-electron chi connectivity index (χ2n) is 5.68. The highest BCUT2D eigenvalue weighted by atomic mass is 32.2. The highest BCUT2D eigenvalue weighted by molar-refractivity contribution is 7.91. The zero-order valence-corrected chi connectivity index (χ0v) is 13.2. The van der Waals surface area contributed by atoms with Gasteiger partial charge in [0.2, 0.25) is 0 Å². The number of nitrogen functional groups attached to an aromatic ring is 1. The number of aryl methyl sites for hydroxylation is 1. The van der Waals surface area contributed by atoms with Crippen LogP contribution in [0.5, 0.6) is 0 Å². The SMILES string of the molecule is Cc1cccc(C(=O)OC2CCCC(S(C)(=O)=O)C2)c1N. The minimum absolute atomic E-state index is 0.344. The summed E-state index contributed by atoms with van der Waals surface area (Å²) in [5, 5.41) is -0.418. The maximum absolute atomic E-state index is 12.2. The first-order chi connectivity index (χ1) is 9.79. The smallest absolute Gasteiger partial charge is 0.340 e. The molecular formula is C15H21NO4S. The van der Waals surface area contributed by atoms with Gasteiger partial charge in [-0.15, -0.1) is 0 Å². The lowest BCUT2D eigenvalue weighted by Gasteiger charge is -2.27. The Balaban J connectivity index is 2.08. The van der Waals surface area contributed by atoms with E-state index in [9.17, 15) is 13.2 Å². The van der Waals surface area contributed by atoms with Gasteiger partial charge in [-0.25, -0.2) is 13.2 Å². The first-order valence-corrected chi connectivity index (χ1v) is 8.99. The monoisotopic (exact) mass is 311 g/mol. The summed E-state index contributed by atoms with van der Waals surface area (Å²) in [4.78, 5) is 12.2. The number of carbonyl (C=O) groups excluding carboxylic acids is 1. The zero-order chi connectivity index (χ0) is 15.6. The number of carbonyl (C=O) groups is 1. The van der Waals surface area contributed by atoms with Crippen LogP contribution in [0.4, 0.5) is 5.69 Å². The summed E-state index contributed by atoms with van der Waals surface area (Å²) < 4.78 is 28.7. The molecule has 1 aromatic rings. The third kappa shape index (κ3) is 3.75. The molecule has 0 saturated heterocycles. The van der Waals surface area contributed by atoms with Crippen molar-refractivity contribution in [3.8, 4) is 0 Å². The van der Waals surface area contributed by atoms with Crippen molar-refractivity contribution in [1.29, 1.82) is 0 Å². The van der Waals surface area contributed by atoms with Gasteiger partial charge in [0, 0.05) is 18.4 Å². The summed E-state index contributed by atoms with van der Waals surface area (Å²) in [6.45, 7) is 1.83. The highest BCUT2D eigenvalue weighted by Crippen LogP contribution is 2.27. The van der Waals surface area contributed by atoms with Crippen LogP contribution in [0.2, 0.25) is 0 Å². The molecule has 1 fully saturated rings. The molecule has 2 rings (SSSR count). The lowest BCUT2D eigenvalue weighted by Crippen LogP contribution is -2.33. The topological polar surface area (TPSA) is 86.5 Å². The Morgan fingerprint density at radius 1 is 1.33 bits per heavy atom. The van der Waals surface area contributed by atoms with Crippen LogP contribution in [0.15, 0.2) is 18.2 Å². The molecule has 0 bridgehead atoms. The quantitative estimate of drug-likeness (QED) is 0.682. The van der Waals surface area contributed by atoms with Crippen LogP contribution in [0.25, 0.3) is 0 Å². The molecule has 1 aromatic carbocycles. The molecule has 0 spiro atoms. The number of sulfone groups is 1. The van der Waals surface area contributed by atoms with Crippen LogP contribution in [-0.4, -0.2) is 32.0 Å². The molecule has 116 valence electrons. The molecule has 0 aromatic heterocycles. The van der Waals surface area contributed by atoms with Crippen LogP contribution in [-0.2, 0) is 14.6 Å². The van der Waals surface area contributed by atoms with Crippen molar-refractivity contribution in [3.05, 3.63) is 29.3 Å². The van der Waals surface area contributed by atoms with Gasteiger partial charge in [0.1, 0.15) is 15.9 Å². The molecule has 2 unspecified atom stereocenters. The van der Waals surface area contributed by atoms with Gasteiger partial charge < -0.3 is 10.5 Å². The Hall–Kier alpha value is -1.56. The molecule has 5 nitrogen and oxygen atoms in total. The molecular weight excluding hydrogens is 290 g/mol. The summed E-state index contributed by atoms with van der Waals surface area (Å²) >= 11 is 0. The fraction of sp³-hybridized carbons (Fsp3) is 0.533. The summed E-state index contributed by atoms with van der Waals surface area (Å²) in [6, 6.07) is 5.20. The molecule has 0 heterocycles. The maximum atomic E-state index is 12.2. The van der Waals surface area contributed by atoms with E-state index in [1.807, 2.05) is 13.0 Å². The molecule has 0 radical (unpaired) electrons. The molecule has 0 aliphatic heterocycles. The van der Waals surface area contributed by atoms with Gasteiger partial charge in [-0.3, -0.25) is 0 Å². The molecule has 2 N–H and O–H groups in total. The summed E-state index contributed by atoms with van der Waals surface area (Å²) in [5.74, 6) is -0.477. The number of para-hydroxylation sites is 1. The first kappa shape index (κ1) is 15.8. The van der Waals surface area contributed by atoms with Crippen molar-refractivity contribution in [2.45, 2.75) is 44.0 Å². The highest BCUT2D eigenvalue weighted by Gasteiger charge is 2.31. The lowest BCUT2D eigenvalue weighted by molar-refractivity contribution is 0.0216. The zero-order valence-electron chi connectivity index (χ0n) is 12.3. The van der Waals surface area contributed by atoms with Gasteiger partial charge in [0.15, 0.2) is 0 Å². The van der Waals surface area contributed by atoms with Crippen LogP contribution < -0.4 is 5.73 Å². The van der Waals surface area contributed by atoms with E-state index in [1.54, 1.807) is 12.1 Å². The third-order valence-corrected chi connectivity index (χ3v) is 5.64. The van der Waals surface area contributed by atoms with E-state index in [4.69, 9.17) is 10.5 Å². The van der Waals surface area contributed by atoms with Crippen LogP contribution in [0.3, 0.4) is 0 Å². The number of rotatable bonds is 3. The van der Waals surface area contributed by atoms with Crippen molar-refractivity contribution < 1.29 is 17.9 Å². The second-order valence-corrected chi connectivity index (χ2v) is 8.01. The normalized spacial score (nSPS) is 22.8. The van der Waals surface area contributed by atoms with E-state index in [1.165, 1.54) is 6.26 Å². The molecule has 1 aliphatic carbocycles. The largest absolute Gasteiger partial charge is 0.459 e. The van der Waals surface area contributed by atoms with Gasteiger partial charge in [-0.05, 0) is 37.8 Å². The van der Waals surface area contributed by atoms with E-state index >= 15 is 0 Å². The Morgan fingerprint density at radius 3 is 2.71 bits per heavy atom. The molecule has 2 atom stereocenters. The number of esters is 1. The van der Waals surface area contributed by atoms with Crippen molar-refractivity contribution in [3.63, 3.8) is 0 Å². The Labute approximate surface area is 125 Å². The molecule has 1 aliphatic rings. The number of ether oxygens (including phenoxy) is 1. The average molecular weight is 311 g/mol. The molecule has 6 heteroatoms. The lowest BCUT2D eigenvalue weighted by atomic mass is 9.97. The standard InChI is InChI=1S/C15H21NO4S/c1-10-5-3-8-13(14(10)16)15(17)20-11-6-4-7-12(9-11)21(2,18)19/h3,5,8,11-12H,4,6-7,9,16H2,1-2H3. The van der Waals surface area contributed by atoms with E-state index in [-0.39, 0.29) is 6.10 Å². The van der Waals surface area contributed by atoms with Crippen LogP contribution in [0.1, 0.15) is 41.6 Å². The van der Waals surface area contributed by atoms with Crippen molar-refractivity contribution in [2.75, 3.05) is 12.0 Å². The molecule has 0 amide bonds. The predicted octanol–water partition coefficient (Wildman–Crippen LogP) is 2.09. The first-order valence-electron chi connectivity index (χ1n) is 7.04. The molecule has 21 heavy (non-hydrogen) atoms. The van der Waals surface area contributed by atoms with Crippen molar-refractivity contribution in [2.24, 2.45) is 0 Å². The minimum Gasteiger partial charge on any atom is -0.459 e. The van der Waals surface area contributed by atoms with Gasteiger partial charge >= 0.3 is 5.97 Å². The minimum atomic E-state index is -3.09. The summed E-state index contributed by atoms with van der Waals surface area (Å²) in [7, 11) is -3.09.